The summed E-state index contributed by atoms with van der Waals surface area (Å²) in [5, 5.41) is 7.68. The van der Waals surface area contributed by atoms with Crippen LogP contribution in [0.15, 0.2) is 24.3 Å². The lowest BCUT2D eigenvalue weighted by Gasteiger charge is -2.25. The van der Waals surface area contributed by atoms with Crippen molar-refractivity contribution in [2.45, 2.75) is 25.3 Å². The average molecular weight is 375 g/mol. The summed E-state index contributed by atoms with van der Waals surface area (Å²) in [6.07, 6.45) is 2.30. The fourth-order valence-electron chi connectivity index (χ4n) is 3.72. The van der Waals surface area contributed by atoms with Gasteiger partial charge < -0.3 is 11.1 Å². The molecule has 0 radical (unpaired) electrons. The third-order valence-electron chi connectivity index (χ3n) is 5.10. The standard InChI is InChI=1S/C17H21N5O3S/c1-26(24,25)21-9-7-13-15(10-21)20-22(16(13)18)17(23)12-6-8-19-14-5-3-2-4-11(12)14/h2-5,12,19H,6-10,18H2,1H3/t12-/m0/s1. The van der Waals surface area contributed by atoms with Crippen LogP contribution in [0.3, 0.4) is 0 Å². The molecule has 0 unspecified atom stereocenters. The van der Waals surface area contributed by atoms with Crippen LogP contribution in [0.4, 0.5) is 11.5 Å². The summed E-state index contributed by atoms with van der Waals surface area (Å²) >= 11 is 0. The van der Waals surface area contributed by atoms with Crippen molar-refractivity contribution in [1.82, 2.24) is 14.1 Å². The summed E-state index contributed by atoms with van der Waals surface area (Å²) in [4.78, 5) is 13.1. The number of carbonyl (C=O) groups excluding carboxylic acids is 1. The second-order valence-electron chi connectivity index (χ2n) is 6.76. The molecule has 0 bridgehead atoms. The lowest BCUT2D eigenvalue weighted by atomic mass is 9.90. The number of hydrogen-bond donors (Lipinski definition) is 2. The van der Waals surface area contributed by atoms with Crippen molar-refractivity contribution in [2.75, 3.05) is 30.4 Å². The van der Waals surface area contributed by atoms with E-state index in [2.05, 4.69) is 10.4 Å². The Hall–Kier alpha value is -2.39. The highest BCUT2D eigenvalue weighted by molar-refractivity contribution is 7.88. The Morgan fingerprint density at radius 3 is 2.88 bits per heavy atom. The second-order valence-corrected chi connectivity index (χ2v) is 8.74. The van der Waals surface area contributed by atoms with Gasteiger partial charge in [-0.1, -0.05) is 18.2 Å². The molecule has 0 aliphatic carbocycles. The molecule has 0 spiro atoms. The molecule has 2 aliphatic heterocycles. The van der Waals surface area contributed by atoms with Gasteiger partial charge in [0.25, 0.3) is 5.91 Å². The molecule has 1 atom stereocenters. The van der Waals surface area contributed by atoms with E-state index in [0.717, 1.165) is 16.8 Å². The van der Waals surface area contributed by atoms with E-state index in [1.54, 1.807) is 0 Å². The van der Waals surface area contributed by atoms with Gasteiger partial charge in [0.1, 0.15) is 5.82 Å². The van der Waals surface area contributed by atoms with Crippen molar-refractivity contribution in [2.24, 2.45) is 0 Å². The van der Waals surface area contributed by atoms with Gasteiger partial charge in [0.15, 0.2) is 0 Å². The summed E-state index contributed by atoms with van der Waals surface area (Å²) in [7, 11) is -3.30. The van der Waals surface area contributed by atoms with Crippen molar-refractivity contribution >= 4 is 27.4 Å². The molecular formula is C17H21N5O3S. The van der Waals surface area contributed by atoms with Crippen LogP contribution in [-0.4, -0.2) is 47.8 Å². The van der Waals surface area contributed by atoms with Crippen LogP contribution in [0.25, 0.3) is 0 Å². The zero-order chi connectivity index (χ0) is 18.5. The Kier molecular flexibility index (Phi) is 4.00. The highest BCUT2D eigenvalue weighted by atomic mass is 32.2. The fraction of sp³-hybridized carbons (Fsp3) is 0.412. The number of carbonyl (C=O) groups is 1. The Bertz CT molecular complexity index is 982. The molecule has 138 valence electrons. The molecular weight excluding hydrogens is 354 g/mol. The summed E-state index contributed by atoms with van der Waals surface area (Å²) in [6.45, 7) is 1.21. The molecule has 26 heavy (non-hydrogen) atoms. The molecule has 3 N–H and O–H groups in total. The van der Waals surface area contributed by atoms with Gasteiger partial charge in [-0.25, -0.2) is 8.42 Å². The highest BCUT2D eigenvalue weighted by Crippen LogP contribution is 2.34. The van der Waals surface area contributed by atoms with Gasteiger partial charge in [0.05, 0.1) is 24.4 Å². The Labute approximate surface area is 152 Å². The van der Waals surface area contributed by atoms with Crippen LogP contribution in [0.2, 0.25) is 0 Å². The van der Waals surface area contributed by atoms with E-state index >= 15 is 0 Å². The number of benzene rings is 1. The number of rotatable bonds is 2. The van der Waals surface area contributed by atoms with E-state index < -0.39 is 10.0 Å². The van der Waals surface area contributed by atoms with E-state index in [1.165, 1.54) is 15.2 Å². The zero-order valence-electron chi connectivity index (χ0n) is 14.5. The third kappa shape index (κ3) is 2.77. The van der Waals surface area contributed by atoms with Crippen molar-refractivity contribution in [1.29, 1.82) is 0 Å². The highest BCUT2D eigenvalue weighted by Gasteiger charge is 2.33. The smallest absolute Gasteiger partial charge is 0.256 e. The van der Waals surface area contributed by atoms with Crippen LogP contribution >= 0.6 is 0 Å². The number of nitrogens with zero attached hydrogens (tertiary/aromatic N) is 3. The molecule has 1 aromatic carbocycles. The molecule has 2 aromatic rings. The SMILES string of the molecule is CS(=O)(=O)N1CCc2c(nn(C(=O)[C@H]3CCNc4ccccc43)c2N)C1. The molecule has 4 rings (SSSR count). The molecule has 3 heterocycles. The fourth-order valence-corrected chi connectivity index (χ4v) is 4.50. The van der Waals surface area contributed by atoms with Gasteiger partial charge in [0.2, 0.25) is 10.0 Å². The van der Waals surface area contributed by atoms with Gasteiger partial charge >= 0.3 is 0 Å². The summed E-state index contributed by atoms with van der Waals surface area (Å²) < 4.78 is 26.2. The summed E-state index contributed by atoms with van der Waals surface area (Å²) in [5.41, 5.74) is 9.44. The van der Waals surface area contributed by atoms with Crippen LogP contribution < -0.4 is 11.1 Å². The van der Waals surface area contributed by atoms with E-state index in [0.29, 0.717) is 37.4 Å². The third-order valence-corrected chi connectivity index (χ3v) is 6.35. The number of fused-ring (bicyclic) bond motifs is 2. The van der Waals surface area contributed by atoms with Gasteiger partial charge in [-0.2, -0.15) is 14.1 Å². The van der Waals surface area contributed by atoms with Crippen LogP contribution in [0.5, 0.6) is 0 Å². The number of nitrogens with two attached hydrogens (primary N) is 1. The topological polar surface area (TPSA) is 110 Å². The second kappa shape index (κ2) is 6.10. The average Bonchev–Trinajstić information content (AvgIpc) is 2.96. The van der Waals surface area contributed by atoms with Crippen molar-refractivity contribution < 1.29 is 13.2 Å². The lowest BCUT2D eigenvalue weighted by Crippen LogP contribution is -2.35. The summed E-state index contributed by atoms with van der Waals surface area (Å²) in [6, 6.07) is 7.73. The first-order valence-electron chi connectivity index (χ1n) is 8.54. The number of anilines is 2. The van der Waals surface area contributed by atoms with Gasteiger partial charge in [-0.3, -0.25) is 4.79 Å². The van der Waals surface area contributed by atoms with E-state index in [9.17, 15) is 13.2 Å². The zero-order valence-corrected chi connectivity index (χ0v) is 15.3. The first-order chi connectivity index (χ1) is 12.4. The first kappa shape index (κ1) is 17.0. The number of sulfonamides is 1. The first-order valence-corrected chi connectivity index (χ1v) is 10.4. The minimum absolute atomic E-state index is 0.154. The van der Waals surface area contributed by atoms with Crippen molar-refractivity contribution in [3.63, 3.8) is 0 Å². The maximum Gasteiger partial charge on any atom is 0.256 e. The van der Waals surface area contributed by atoms with E-state index in [4.69, 9.17) is 5.73 Å². The lowest BCUT2D eigenvalue weighted by molar-refractivity contribution is 0.0859. The number of nitrogens with one attached hydrogen (secondary N) is 1. The van der Waals surface area contributed by atoms with Gasteiger partial charge in [-0.05, 0) is 24.5 Å². The quantitative estimate of drug-likeness (QED) is 0.811. The molecule has 2 aliphatic rings. The maximum absolute atomic E-state index is 13.1. The van der Waals surface area contributed by atoms with Crippen LogP contribution in [0, 0.1) is 0 Å². The van der Waals surface area contributed by atoms with E-state index in [-0.39, 0.29) is 18.4 Å². The molecule has 1 aromatic heterocycles. The normalized spacial score (nSPS) is 20.1. The predicted molar refractivity (Wildman–Crippen MR) is 98.5 cm³/mol. The van der Waals surface area contributed by atoms with Crippen LogP contribution in [-0.2, 0) is 23.0 Å². The number of nitrogen functional groups attached to an aromatic ring is 1. The Morgan fingerprint density at radius 1 is 1.35 bits per heavy atom. The number of hydrogen-bond acceptors (Lipinski definition) is 6. The molecule has 0 amide bonds. The monoisotopic (exact) mass is 375 g/mol. The van der Waals surface area contributed by atoms with Crippen LogP contribution in [0.1, 0.15) is 34.0 Å². The van der Waals surface area contributed by atoms with E-state index in [1.807, 2.05) is 24.3 Å². The largest absolute Gasteiger partial charge is 0.385 e. The molecule has 0 saturated heterocycles. The Morgan fingerprint density at radius 2 is 2.12 bits per heavy atom. The minimum Gasteiger partial charge on any atom is -0.385 e. The van der Waals surface area contributed by atoms with Crippen molar-refractivity contribution in [3.8, 4) is 0 Å². The Balaban J connectivity index is 1.68. The van der Waals surface area contributed by atoms with Crippen molar-refractivity contribution in [3.05, 3.63) is 41.1 Å². The molecule has 0 saturated carbocycles. The number of aromatic nitrogens is 2. The molecule has 9 heteroatoms. The molecule has 0 fully saturated rings. The van der Waals surface area contributed by atoms with Gasteiger partial charge in [0, 0.05) is 24.3 Å². The predicted octanol–water partition coefficient (Wildman–Crippen LogP) is 1.02. The number of para-hydroxylation sites is 1. The minimum atomic E-state index is -3.30. The molecule has 8 nitrogen and oxygen atoms in total. The summed E-state index contributed by atoms with van der Waals surface area (Å²) in [5.74, 6) is -0.159. The van der Waals surface area contributed by atoms with Gasteiger partial charge in [-0.15, -0.1) is 0 Å². The maximum atomic E-state index is 13.1.